The molecule has 0 aliphatic heterocycles. The highest BCUT2D eigenvalue weighted by Crippen LogP contribution is 2.14. The van der Waals surface area contributed by atoms with Crippen LogP contribution in [0.25, 0.3) is 0 Å². The van der Waals surface area contributed by atoms with E-state index in [1.165, 1.54) is 77.0 Å². The van der Waals surface area contributed by atoms with E-state index in [2.05, 4.69) is 5.92 Å². The number of hydrogen-bond donors (Lipinski definition) is 0. The Hall–Kier alpha value is -0.970. The summed E-state index contributed by atoms with van der Waals surface area (Å²) in [5.74, 6) is 2.65. The van der Waals surface area contributed by atoms with Crippen LogP contribution in [-0.2, 0) is 9.53 Å². The fourth-order valence-corrected chi connectivity index (χ4v) is 3.01. The van der Waals surface area contributed by atoms with E-state index in [0.717, 1.165) is 19.3 Å². The SMILES string of the molecule is C#CCCCCCCCCCCCCCCCCC(=O)OC(C)(C)C. The van der Waals surface area contributed by atoms with Crippen molar-refractivity contribution in [2.45, 2.75) is 129 Å². The molecule has 0 aromatic heterocycles. The summed E-state index contributed by atoms with van der Waals surface area (Å²) >= 11 is 0. The minimum atomic E-state index is -0.348. The first kappa shape index (κ1) is 24.0. The Bertz CT molecular complexity index is 346. The van der Waals surface area contributed by atoms with Crippen LogP contribution in [-0.4, -0.2) is 11.6 Å². The van der Waals surface area contributed by atoms with Crippen molar-refractivity contribution in [2.24, 2.45) is 0 Å². The van der Waals surface area contributed by atoms with Crippen molar-refractivity contribution in [1.29, 1.82) is 0 Å². The number of carbonyl (C=O) groups is 1. The van der Waals surface area contributed by atoms with Gasteiger partial charge in [-0.15, -0.1) is 12.3 Å². The molecule has 0 aromatic carbocycles. The third-order valence-electron chi connectivity index (χ3n) is 4.37. The zero-order valence-corrected chi connectivity index (χ0v) is 17.2. The number of carbonyl (C=O) groups excluding carboxylic acids is 1. The minimum Gasteiger partial charge on any atom is -0.460 e. The quantitative estimate of drug-likeness (QED) is 0.167. The molecule has 0 saturated carbocycles. The van der Waals surface area contributed by atoms with Crippen molar-refractivity contribution < 1.29 is 9.53 Å². The fourth-order valence-electron chi connectivity index (χ4n) is 3.01. The smallest absolute Gasteiger partial charge is 0.306 e. The maximum absolute atomic E-state index is 11.6. The summed E-state index contributed by atoms with van der Waals surface area (Å²) in [6.45, 7) is 5.77. The zero-order valence-electron chi connectivity index (χ0n) is 17.2. The van der Waals surface area contributed by atoms with E-state index < -0.39 is 0 Å². The van der Waals surface area contributed by atoms with Gasteiger partial charge in [0.15, 0.2) is 0 Å². The summed E-state index contributed by atoms with van der Waals surface area (Å²) in [4.78, 5) is 11.6. The Morgan fingerprint density at radius 3 is 1.44 bits per heavy atom. The first-order chi connectivity index (χ1) is 12.0. The first-order valence-electron chi connectivity index (χ1n) is 10.6. The van der Waals surface area contributed by atoms with Gasteiger partial charge in [-0.1, -0.05) is 77.0 Å². The maximum Gasteiger partial charge on any atom is 0.306 e. The van der Waals surface area contributed by atoms with Gasteiger partial charge in [-0.25, -0.2) is 0 Å². The summed E-state index contributed by atoms with van der Waals surface area (Å²) < 4.78 is 5.32. The maximum atomic E-state index is 11.6. The summed E-state index contributed by atoms with van der Waals surface area (Å²) in [5.41, 5.74) is -0.348. The second-order valence-corrected chi connectivity index (χ2v) is 8.24. The van der Waals surface area contributed by atoms with Gasteiger partial charge < -0.3 is 4.74 Å². The topological polar surface area (TPSA) is 26.3 Å². The van der Waals surface area contributed by atoms with Gasteiger partial charge in [0.25, 0.3) is 0 Å². The van der Waals surface area contributed by atoms with Crippen LogP contribution in [0.3, 0.4) is 0 Å². The van der Waals surface area contributed by atoms with E-state index in [4.69, 9.17) is 11.2 Å². The molecule has 0 saturated heterocycles. The molecule has 0 spiro atoms. The van der Waals surface area contributed by atoms with Gasteiger partial charge in [0.05, 0.1) is 0 Å². The van der Waals surface area contributed by atoms with E-state index in [1.54, 1.807) is 0 Å². The third kappa shape index (κ3) is 21.0. The van der Waals surface area contributed by atoms with E-state index >= 15 is 0 Å². The molecule has 0 heterocycles. The Labute approximate surface area is 157 Å². The second kappa shape index (κ2) is 16.5. The normalized spacial score (nSPS) is 11.3. The Kier molecular flexibility index (Phi) is 15.9. The average molecular weight is 351 g/mol. The third-order valence-corrected chi connectivity index (χ3v) is 4.37. The summed E-state index contributed by atoms with van der Waals surface area (Å²) in [6.07, 6.45) is 25.0. The van der Waals surface area contributed by atoms with Crippen molar-refractivity contribution in [3.05, 3.63) is 0 Å². The number of rotatable bonds is 16. The largest absolute Gasteiger partial charge is 0.460 e. The first-order valence-corrected chi connectivity index (χ1v) is 10.6. The van der Waals surface area contributed by atoms with Gasteiger partial charge in [0.2, 0.25) is 0 Å². The van der Waals surface area contributed by atoms with Gasteiger partial charge in [0, 0.05) is 12.8 Å². The molecule has 146 valence electrons. The highest BCUT2D eigenvalue weighted by molar-refractivity contribution is 5.69. The fraction of sp³-hybridized carbons (Fsp3) is 0.870. The van der Waals surface area contributed by atoms with E-state index in [-0.39, 0.29) is 11.6 Å². The minimum absolute atomic E-state index is 0.0523. The molecule has 25 heavy (non-hydrogen) atoms. The van der Waals surface area contributed by atoms with Gasteiger partial charge in [0.1, 0.15) is 5.60 Å². The number of esters is 1. The molecule has 2 heteroatoms. The lowest BCUT2D eigenvalue weighted by Gasteiger charge is -2.19. The Morgan fingerprint density at radius 2 is 1.08 bits per heavy atom. The van der Waals surface area contributed by atoms with Crippen LogP contribution in [0.5, 0.6) is 0 Å². The molecule has 0 N–H and O–H groups in total. The summed E-state index contributed by atoms with van der Waals surface area (Å²) in [5, 5.41) is 0. The lowest BCUT2D eigenvalue weighted by Crippen LogP contribution is -2.23. The van der Waals surface area contributed by atoms with Crippen molar-refractivity contribution in [3.8, 4) is 12.3 Å². The summed E-state index contributed by atoms with van der Waals surface area (Å²) in [6, 6.07) is 0. The Morgan fingerprint density at radius 1 is 0.720 bits per heavy atom. The molecule has 0 aromatic rings. The second-order valence-electron chi connectivity index (χ2n) is 8.24. The lowest BCUT2D eigenvalue weighted by molar-refractivity contribution is -0.154. The van der Waals surface area contributed by atoms with Crippen LogP contribution in [0.15, 0.2) is 0 Å². The molecule has 2 nitrogen and oxygen atoms in total. The van der Waals surface area contributed by atoms with Gasteiger partial charge in [-0.05, 0) is 33.6 Å². The standard InChI is InChI=1S/C23H42O2/c1-5-6-7-8-9-10-11-12-13-14-15-16-17-18-19-20-21-22(24)25-23(2,3)4/h1H,6-21H2,2-4H3. The molecule has 0 rings (SSSR count). The predicted octanol–water partition coefficient (Wildman–Crippen LogP) is 7.20. The van der Waals surface area contributed by atoms with E-state index in [1.807, 2.05) is 20.8 Å². The molecule has 0 unspecified atom stereocenters. The van der Waals surface area contributed by atoms with Crippen molar-refractivity contribution >= 4 is 5.97 Å². The molecule has 0 bridgehead atoms. The summed E-state index contributed by atoms with van der Waals surface area (Å²) in [7, 11) is 0. The number of unbranched alkanes of at least 4 members (excludes halogenated alkanes) is 14. The lowest BCUT2D eigenvalue weighted by atomic mass is 10.0. The van der Waals surface area contributed by atoms with Crippen LogP contribution in [0.4, 0.5) is 0 Å². The molecular formula is C23H42O2. The van der Waals surface area contributed by atoms with Crippen LogP contribution in [0.1, 0.15) is 124 Å². The van der Waals surface area contributed by atoms with Crippen molar-refractivity contribution in [3.63, 3.8) is 0 Å². The molecule has 0 atom stereocenters. The van der Waals surface area contributed by atoms with Crippen LogP contribution in [0.2, 0.25) is 0 Å². The molecule has 0 amide bonds. The molecule has 0 aliphatic carbocycles. The zero-order chi connectivity index (χ0) is 18.8. The molecule has 0 fully saturated rings. The number of ether oxygens (including phenoxy) is 1. The predicted molar refractivity (Wildman–Crippen MR) is 109 cm³/mol. The monoisotopic (exact) mass is 350 g/mol. The van der Waals surface area contributed by atoms with E-state index in [0.29, 0.717) is 6.42 Å². The van der Waals surface area contributed by atoms with Crippen molar-refractivity contribution in [1.82, 2.24) is 0 Å². The van der Waals surface area contributed by atoms with Gasteiger partial charge in [-0.3, -0.25) is 4.79 Å². The van der Waals surface area contributed by atoms with Crippen molar-refractivity contribution in [2.75, 3.05) is 0 Å². The van der Waals surface area contributed by atoms with Gasteiger partial charge in [-0.2, -0.15) is 0 Å². The highest BCUT2D eigenvalue weighted by Gasteiger charge is 2.15. The van der Waals surface area contributed by atoms with Crippen LogP contribution in [0, 0.1) is 12.3 Å². The number of hydrogen-bond acceptors (Lipinski definition) is 2. The van der Waals surface area contributed by atoms with Crippen LogP contribution >= 0.6 is 0 Å². The van der Waals surface area contributed by atoms with E-state index in [9.17, 15) is 4.79 Å². The number of terminal acetylenes is 1. The molecule has 0 radical (unpaired) electrons. The molecular weight excluding hydrogens is 308 g/mol. The highest BCUT2D eigenvalue weighted by atomic mass is 16.6. The van der Waals surface area contributed by atoms with Crippen LogP contribution < -0.4 is 0 Å². The van der Waals surface area contributed by atoms with Gasteiger partial charge >= 0.3 is 5.97 Å². The average Bonchev–Trinajstić information content (AvgIpc) is 2.53. The Balaban J connectivity index is 3.15. The molecule has 0 aliphatic rings.